The summed E-state index contributed by atoms with van der Waals surface area (Å²) >= 11 is 0. The van der Waals surface area contributed by atoms with E-state index in [1.54, 1.807) is 20.8 Å². The van der Waals surface area contributed by atoms with Crippen LogP contribution in [-0.4, -0.2) is 15.4 Å². The quantitative estimate of drug-likeness (QED) is 0.670. The first-order valence-electron chi connectivity index (χ1n) is 4.85. The Morgan fingerprint density at radius 1 is 1.00 bits per heavy atom. The molecule has 3 nitrogen and oxygen atoms in total. The molecule has 0 unspecified atom stereocenters. The Labute approximate surface area is 89.5 Å². The Bertz CT molecular complexity index is 133. The normalized spacial score (nSPS) is 12.4. The molecule has 88 valence electrons. The van der Waals surface area contributed by atoms with Crippen LogP contribution in [0.1, 0.15) is 54.9 Å². The molecule has 0 saturated carbocycles. The van der Waals surface area contributed by atoms with E-state index in [1.807, 2.05) is 0 Å². The van der Waals surface area contributed by atoms with Crippen molar-refractivity contribution in [1.82, 2.24) is 0 Å². The maximum atomic E-state index is 8.29. The summed E-state index contributed by atoms with van der Waals surface area (Å²) < 4.78 is 4.61. The van der Waals surface area contributed by atoms with Crippen molar-refractivity contribution in [2.24, 2.45) is 5.41 Å². The van der Waals surface area contributed by atoms with Gasteiger partial charge in [-0.15, -0.1) is 0 Å². The molecule has 0 fully saturated rings. The summed E-state index contributed by atoms with van der Waals surface area (Å²) in [5, 5.41) is 0. The predicted molar refractivity (Wildman–Crippen MR) is 61.9 cm³/mol. The van der Waals surface area contributed by atoms with Crippen molar-refractivity contribution in [2.75, 3.05) is 0 Å². The van der Waals surface area contributed by atoms with Gasteiger partial charge in [-0.2, -0.15) is 0 Å². The first-order valence-corrected chi connectivity index (χ1v) is 6.01. The molecule has 0 aromatic heterocycles. The van der Waals surface area contributed by atoms with Crippen molar-refractivity contribution in [1.29, 1.82) is 0 Å². The van der Waals surface area contributed by atoms with E-state index >= 15 is 0 Å². The van der Waals surface area contributed by atoms with Crippen molar-refractivity contribution in [3.05, 3.63) is 0 Å². The monoisotopic (exact) mass is 224 g/mol. The van der Waals surface area contributed by atoms with Gasteiger partial charge in [-0.25, -0.2) is 0 Å². The average molecular weight is 224 g/mol. The summed E-state index contributed by atoms with van der Waals surface area (Å²) in [5.74, 6) is 0. The Balaban J connectivity index is 0. The molecule has 0 radical (unpaired) electrons. The highest BCUT2D eigenvalue weighted by Crippen LogP contribution is 2.31. The predicted octanol–water partition coefficient (Wildman–Crippen LogP) is 3.46. The van der Waals surface area contributed by atoms with Crippen LogP contribution < -0.4 is 0 Å². The highest BCUT2D eigenvalue weighted by Gasteiger charge is 2.14. The standard InChI is InChI=1S/C6H14.C4H11O3P/c1-5-6(2,3)4;1-4(2,3)7-8(5)6/h5H2,1-4H3;5-6H,1-3H3. The second-order valence-electron chi connectivity index (χ2n) is 5.37. The van der Waals surface area contributed by atoms with E-state index in [9.17, 15) is 0 Å². The fraction of sp³-hybridized carbons (Fsp3) is 1.00. The molecule has 0 heterocycles. The lowest BCUT2D eigenvalue weighted by Gasteiger charge is -2.18. The largest absolute Gasteiger partial charge is 0.328 e. The van der Waals surface area contributed by atoms with Crippen LogP contribution in [-0.2, 0) is 4.52 Å². The molecule has 0 aromatic rings. The summed E-state index contributed by atoms with van der Waals surface area (Å²) in [4.78, 5) is 16.6. The van der Waals surface area contributed by atoms with Gasteiger partial charge < -0.3 is 14.3 Å². The van der Waals surface area contributed by atoms with Gasteiger partial charge in [-0.3, -0.25) is 0 Å². The van der Waals surface area contributed by atoms with Gasteiger partial charge >= 0.3 is 8.60 Å². The molecule has 0 aliphatic carbocycles. The molecular weight excluding hydrogens is 199 g/mol. The van der Waals surface area contributed by atoms with E-state index in [4.69, 9.17) is 9.79 Å². The highest BCUT2D eigenvalue weighted by atomic mass is 31.2. The molecule has 0 atom stereocenters. The number of hydrogen-bond acceptors (Lipinski definition) is 3. The zero-order valence-corrected chi connectivity index (χ0v) is 11.4. The van der Waals surface area contributed by atoms with Crippen molar-refractivity contribution in [3.8, 4) is 0 Å². The molecule has 2 N–H and O–H groups in total. The van der Waals surface area contributed by atoms with Gasteiger partial charge in [0.2, 0.25) is 0 Å². The minimum Gasteiger partial charge on any atom is -0.328 e. The fourth-order valence-electron chi connectivity index (χ4n) is 0.245. The third-order valence-electron chi connectivity index (χ3n) is 1.42. The molecule has 0 aliphatic heterocycles. The maximum Gasteiger partial charge on any atom is 0.327 e. The van der Waals surface area contributed by atoms with Gasteiger partial charge in [0.05, 0.1) is 5.60 Å². The summed E-state index contributed by atoms with van der Waals surface area (Å²) in [7, 11) is -2.19. The summed E-state index contributed by atoms with van der Waals surface area (Å²) in [6.45, 7) is 14.2. The summed E-state index contributed by atoms with van der Waals surface area (Å²) in [6, 6.07) is 0. The van der Waals surface area contributed by atoms with Gasteiger partial charge in [0.25, 0.3) is 0 Å². The van der Waals surface area contributed by atoms with Crippen LogP contribution in [0.4, 0.5) is 0 Å². The molecule has 0 bridgehead atoms. The van der Waals surface area contributed by atoms with Crippen LogP contribution in [0.25, 0.3) is 0 Å². The molecule has 0 rings (SSSR count). The minimum atomic E-state index is -2.19. The Morgan fingerprint density at radius 3 is 1.29 bits per heavy atom. The lowest BCUT2D eigenvalue weighted by Crippen LogP contribution is -2.15. The highest BCUT2D eigenvalue weighted by molar-refractivity contribution is 7.39. The van der Waals surface area contributed by atoms with Gasteiger partial charge in [0, 0.05) is 0 Å². The van der Waals surface area contributed by atoms with Gasteiger partial charge in [0.1, 0.15) is 0 Å². The zero-order valence-electron chi connectivity index (χ0n) is 10.5. The maximum absolute atomic E-state index is 8.29. The third kappa shape index (κ3) is 22.8. The van der Waals surface area contributed by atoms with Crippen LogP contribution in [0.2, 0.25) is 0 Å². The number of rotatable bonds is 1. The topological polar surface area (TPSA) is 49.7 Å². The van der Waals surface area contributed by atoms with E-state index in [1.165, 1.54) is 6.42 Å². The lowest BCUT2D eigenvalue weighted by molar-refractivity contribution is 0.109. The molecule has 0 saturated heterocycles. The first kappa shape index (κ1) is 16.7. The van der Waals surface area contributed by atoms with Crippen molar-refractivity contribution in [2.45, 2.75) is 60.5 Å². The molecule has 4 heteroatoms. The van der Waals surface area contributed by atoms with Gasteiger partial charge in [-0.1, -0.05) is 34.1 Å². The van der Waals surface area contributed by atoms with Crippen LogP contribution in [0.15, 0.2) is 0 Å². The molecule has 0 aliphatic rings. The lowest BCUT2D eigenvalue weighted by atomic mass is 9.94. The third-order valence-corrected chi connectivity index (χ3v) is 2.13. The molecule has 0 spiro atoms. The van der Waals surface area contributed by atoms with E-state index in [0.717, 1.165) is 0 Å². The zero-order chi connectivity index (χ0) is 12.0. The van der Waals surface area contributed by atoms with Gasteiger partial charge in [0.15, 0.2) is 0 Å². The Hall–Kier alpha value is 0.310. The SMILES string of the molecule is CC(C)(C)OP(O)O.CCC(C)(C)C. The molecule has 14 heavy (non-hydrogen) atoms. The minimum absolute atomic E-state index is 0.449. The Kier molecular flexibility index (Phi) is 8.04. The van der Waals surface area contributed by atoms with E-state index in [0.29, 0.717) is 5.41 Å². The van der Waals surface area contributed by atoms with Crippen LogP contribution >= 0.6 is 8.60 Å². The van der Waals surface area contributed by atoms with Crippen LogP contribution in [0, 0.1) is 5.41 Å². The van der Waals surface area contributed by atoms with Crippen LogP contribution in [0.3, 0.4) is 0 Å². The second kappa shape index (κ2) is 6.73. The van der Waals surface area contributed by atoms with Crippen molar-refractivity contribution < 1.29 is 14.3 Å². The molecular formula is C10H25O3P. The molecule has 0 amide bonds. The van der Waals surface area contributed by atoms with E-state index in [2.05, 4.69) is 32.2 Å². The molecule has 0 aromatic carbocycles. The smallest absolute Gasteiger partial charge is 0.327 e. The first-order chi connectivity index (χ1) is 5.98. The summed E-state index contributed by atoms with van der Waals surface area (Å²) in [5.41, 5.74) is 0.0925. The fourth-order valence-corrected chi connectivity index (χ4v) is 0.735. The average Bonchev–Trinajstić information content (AvgIpc) is 1.81. The number of hydrogen-bond donors (Lipinski definition) is 2. The second-order valence-corrected chi connectivity index (χ2v) is 6.06. The van der Waals surface area contributed by atoms with E-state index < -0.39 is 14.2 Å². The van der Waals surface area contributed by atoms with Crippen molar-refractivity contribution >= 4 is 8.60 Å². The summed E-state index contributed by atoms with van der Waals surface area (Å²) in [6.07, 6.45) is 1.27. The van der Waals surface area contributed by atoms with Gasteiger partial charge in [-0.05, 0) is 26.2 Å². The van der Waals surface area contributed by atoms with E-state index in [-0.39, 0.29) is 0 Å². The van der Waals surface area contributed by atoms with Crippen LogP contribution in [0.5, 0.6) is 0 Å². The van der Waals surface area contributed by atoms with Crippen molar-refractivity contribution in [3.63, 3.8) is 0 Å². The Morgan fingerprint density at radius 2 is 1.29 bits per heavy atom.